The lowest BCUT2D eigenvalue weighted by Crippen LogP contribution is -2.34. The van der Waals surface area contributed by atoms with Gasteiger partial charge in [0.05, 0.1) is 105 Å². The monoisotopic (exact) mass is 518 g/mol. The molecule has 0 aromatic heterocycles. The first-order chi connectivity index (χ1) is 17.7. The molecule has 0 saturated heterocycles. The van der Waals surface area contributed by atoms with Crippen LogP contribution in [0.5, 0.6) is 0 Å². The summed E-state index contributed by atoms with van der Waals surface area (Å²) in [6.07, 6.45) is 6.37. The van der Waals surface area contributed by atoms with Gasteiger partial charge in [0.2, 0.25) is 0 Å². The highest BCUT2D eigenvalue weighted by Gasteiger charge is 2.50. The smallest absolute Gasteiger partial charge is 0.312 e. The Morgan fingerprint density at radius 3 is 1.36 bits per heavy atom. The number of fused-ring (bicyclic) bond motifs is 2. The summed E-state index contributed by atoms with van der Waals surface area (Å²) in [6, 6.07) is 0. The van der Waals surface area contributed by atoms with Crippen LogP contribution >= 0.6 is 0 Å². The third kappa shape index (κ3) is 12.9. The Kier molecular flexibility index (Phi) is 17.2. The van der Waals surface area contributed by atoms with Crippen LogP contribution in [0.25, 0.3) is 0 Å². The number of hydrogen-bond acceptors (Lipinski definition) is 10. The Hall–Kier alpha value is -1.11. The molecule has 2 aliphatic carbocycles. The molecule has 36 heavy (non-hydrogen) atoms. The molecule has 2 aliphatic rings. The van der Waals surface area contributed by atoms with Gasteiger partial charge in [-0.3, -0.25) is 4.79 Å². The van der Waals surface area contributed by atoms with E-state index in [1.165, 1.54) is 0 Å². The largest absolute Gasteiger partial charge is 0.463 e. The van der Waals surface area contributed by atoms with Gasteiger partial charge in [0.25, 0.3) is 0 Å². The van der Waals surface area contributed by atoms with Gasteiger partial charge in [-0.25, -0.2) is 0 Å². The summed E-state index contributed by atoms with van der Waals surface area (Å²) in [7, 11) is 1.64. The minimum atomic E-state index is -0.364. The molecule has 3 unspecified atom stereocenters. The normalized spacial score (nSPS) is 22.5. The molecule has 2 bridgehead atoms. The van der Waals surface area contributed by atoms with Crippen LogP contribution < -0.4 is 0 Å². The number of hydrogen-bond donors (Lipinski definition) is 0. The lowest BCUT2D eigenvalue weighted by Gasteiger charge is -2.28. The molecular weight excluding hydrogens is 472 g/mol. The van der Waals surface area contributed by atoms with Gasteiger partial charge >= 0.3 is 5.97 Å². The Morgan fingerprint density at radius 2 is 1.03 bits per heavy atom. The summed E-state index contributed by atoms with van der Waals surface area (Å²) < 4.78 is 48.3. The molecule has 0 aromatic carbocycles. The van der Waals surface area contributed by atoms with E-state index in [1.54, 1.807) is 7.11 Å². The molecule has 0 heterocycles. The first kappa shape index (κ1) is 31.1. The van der Waals surface area contributed by atoms with Crippen molar-refractivity contribution in [2.45, 2.75) is 19.8 Å². The van der Waals surface area contributed by atoms with Crippen molar-refractivity contribution in [1.82, 2.24) is 0 Å². The number of carbonyl (C=O) groups is 1. The molecule has 10 nitrogen and oxygen atoms in total. The van der Waals surface area contributed by atoms with Crippen LogP contribution in [0.3, 0.4) is 0 Å². The van der Waals surface area contributed by atoms with Gasteiger partial charge in [-0.05, 0) is 31.6 Å². The Morgan fingerprint density at radius 1 is 0.639 bits per heavy atom. The fourth-order valence-electron chi connectivity index (χ4n) is 4.25. The number of carbonyl (C=O) groups excluding carboxylic acids is 1. The standard InChI is InChI=1S/C26H46O10/c1-26(22-23-3-4-24(26)21-23)25(27)36-20-19-35-18-17-34-16-15-33-14-13-32-12-11-31-10-9-30-8-7-29-6-5-28-2/h3-4,23-24H,5-22H2,1-2H3. The van der Waals surface area contributed by atoms with Gasteiger partial charge in [-0.1, -0.05) is 12.2 Å². The number of rotatable bonds is 25. The summed E-state index contributed by atoms with van der Waals surface area (Å²) in [4.78, 5) is 12.4. The van der Waals surface area contributed by atoms with Crippen LogP contribution in [-0.2, 0) is 47.4 Å². The van der Waals surface area contributed by atoms with Crippen molar-refractivity contribution in [1.29, 1.82) is 0 Å². The molecule has 0 amide bonds. The quantitative estimate of drug-likeness (QED) is 0.101. The van der Waals surface area contributed by atoms with Crippen LogP contribution in [0.2, 0.25) is 0 Å². The zero-order valence-corrected chi connectivity index (χ0v) is 22.1. The molecule has 1 fully saturated rings. The molecule has 3 atom stereocenters. The third-order valence-corrected chi connectivity index (χ3v) is 6.27. The predicted octanol–water partition coefficient (Wildman–Crippen LogP) is 1.89. The second kappa shape index (κ2) is 19.9. The Balaban J connectivity index is 1.21. The third-order valence-electron chi connectivity index (χ3n) is 6.27. The van der Waals surface area contributed by atoms with Crippen LogP contribution in [0.4, 0.5) is 0 Å². The van der Waals surface area contributed by atoms with Crippen LogP contribution in [0.1, 0.15) is 19.8 Å². The highest BCUT2D eigenvalue weighted by Crippen LogP contribution is 2.52. The molecule has 1 saturated carbocycles. The van der Waals surface area contributed by atoms with Crippen molar-refractivity contribution in [2.24, 2.45) is 17.3 Å². The van der Waals surface area contributed by atoms with Gasteiger partial charge < -0.3 is 42.6 Å². The number of esters is 1. The summed E-state index contributed by atoms with van der Waals surface area (Å²) in [6.45, 7) is 10.0. The van der Waals surface area contributed by atoms with Gasteiger partial charge in [-0.2, -0.15) is 0 Å². The van der Waals surface area contributed by atoms with Gasteiger partial charge in [0, 0.05) is 7.11 Å². The average molecular weight is 519 g/mol. The molecule has 0 aliphatic heterocycles. The molecule has 0 radical (unpaired) electrons. The van der Waals surface area contributed by atoms with E-state index < -0.39 is 0 Å². The molecule has 0 aromatic rings. The fourth-order valence-corrected chi connectivity index (χ4v) is 4.25. The maximum Gasteiger partial charge on any atom is 0.312 e. The second-order valence-electron chi connectivity index (χ2n) is 9.02. The molecule has 210 valence electrons. The van der Waals surface area contributed by atoms with E-state index in [0.717, 1.165) is 12.8 Å². The Labute approximate surface area is 215 Å². The van der Waals surface area contributed by atoms with Crippen LogP contribution in [-0.4, -0.2) is 119 Å². The van der Waals surface area contributed by atoms with Crippen molar-refractivity contribution < 1.29 is 47.4 Å². The molecule has 2 rings (SSSR count). The van der Waals surface area contributed by atoms with Gasteiger partial charge in [0.15, 0.2) is 0 Å². The minimum Gasteiger partial charge on any atom is -0.463 e. The zero-order chi connectivity index (χ0) is 25.7. The van der Waals surface area contributed by atoms with Crippen molar-refractivity contribution >= 4 is 5.97 Å². The summed E-state index contributed by atoms with van der Waals surface area (Å²) >= 11 is 0. The SMILES string of the molecule is COCCOCCOCCOCCOCCOCCOCCOCCOC(=O)C1(C)CC2C=CC1C2. The average Bonchev–Trinajstić information content (AvgIpc) is 3.48. The summed E-state index contributed by atoms with van der Waals surface area (Å²) in [5.74, 6) is 0.760. The van der Waals surface area contributed by atoms with E-state index in [4.69, 9.17) is 42.6 Å². The fraction of sp³-hybridized carbons (Fsp3) is 0.885. The summed E-state index contributed by atoms with van der Waals surface area (Å²) in [5, 5.41) is 0. The highest BCUT2D eigenvalue weighted by molar-refractivity contribution is 5.78. The highest BCUT2D eigenvalue weighted by atomic mass is 16.6. The lowest BCUT2D eigenvalue weighted by molar-refractivity contribution is -0.158. The predicted molar refractivity (Wildman–Crippen MR) is 132 cm³/mol. The van der Waals surface area contributed by atoms with Crippen molar-refractivity contribution in [3.8, 4) is 0 Å². The molecule has 0 spiro atoms. The minimum absolute atomic E-state index is 0.103. The maximum absolute atomic E-state index is 12.4. The number of methoxy groups -OCH3 is 1. The van der Waals surface area contributed by atoms with E-state index in [2.05, 4.69) is 12.2 Å². The molecule has 0 N–H and O–H groups in total. The zero-order valence-electron chi connectivity index (χ0n) is 22.1. The van der Waals surface area contributed by atoms with E-state index in [0.29, 0.717) is 111 Å². The summed E-state index contributed by atoms with van der Waals surface area (Å²) in [5.41, 5.74) is -0.364. The lowest BCUT2D eigenvalue weighted by atomic mass is 9.78. The van der Waals surface area contributed by atoms with Crippen molar-refractivity contribution in [2.75, 3.05) is 113 Å². The van der Waals surface area contributed by atoms with E-state index >= 15 is 0 Å². The first-order valence-corrected chi connectivity index (χ1v) is 13.1. The van der Waals surface area contributed by atoms with E-state index in [1.807, 2.05) is 6.92 Å². The van der Waals surface area contributed by atoms with Gasteiger partial charge in [0.1, 0.15) is 6.61 Å². The first-order valence-electron chi connectivity index (χ1n) is 13.1. The molecular formula is C26H46O10. The number of allylic oxidation sites excluding steroid dienone is 2. The van der Waals surface area contributed by atoms with E-state index in [-0.39, 0.29) is 18.0 Å². The van der Waals surface area contributed by atoms with Crippen LogP contribution in [0.15, 0.2) is 12.2 Å². The topological polar surface area (TPSA) is 100 Å². The van der Waals surface area contributed by atoms with Crippen molar-refractivity contribution in [3.05, 3.63) is 12.2 Å². The maximum atomic E-state index is 12.4. The van der Waals surface area contributed by atoms with E-state index in [9.17, 15) is 4.79 Å². The second-order valence-corrected chi connectivity index (χ2v) is 9.02. The van der Waals surface area contributed by atoms with Crippen molar-refractivity contribution in [3.63, 3.8) is 0 Å². The molecule has 10 heteroatoms. The van der Waals surface area contributed by atoms with Crippen LogP contribution in [0, 0.1) is 17.3 Å². The number of ether oxygens (including phenoxy) is 9. The Bertz CT molecular complexity index is 587. The van der Waals surface area contributed by atoms with Gasteiger partial charge in [-0.15, -0.1) is 0 Å².